The molecule has 3 aliphatic heterocycles. The Labute approximate surface area is 198 Å². The Morgan fingerprint density at radius 1 is 1.38 bits per heavy atom. The average molecular weight is 471 g/mol. The maximum absolute atomic E-state index is 14.2. The van der Waals surface area contributed by atoms with E-state index in [2.05, 4.69) is 10.3 Å². The van der Waals surface area contributed by atoms with Gasteiger partial charge in [0.1, 0.15) is 0 Å². The number of dihydropyridines is 1. The molecule has 9 nitrogen and oxygen atoms in total. The highest BCUT2D eigenvalue weighted by Gasteiger charge is 2.31. The van der Waals surface area contributed by atoms with E-state index in [1.807, 2.05) is 19.1 Å². The number of aliphatic imine (C=N–C) groups is 1. The number of rotatable bonds is 5. The Hall–Kier alpha value is -3.24. The maximum atomic E-state index is 14.2. The normalized spacial score (nSPS) is 25.0. The van der Waals surface area contributed by atoms with Crippen LogP contribution in [0.5, 0.6) is 0 Å². The third-order valence-electron chi connectivity index (χ3n) is 6.31. The number of likely N-dealkylation sites (N-methyl/N-ethyl adjacent to an activating group) is 1. The number of carbonyl (C=O) groups excluding carboxylic acids is 1. The smallest absolute Gasteiger partial charge is 0.320 e. The Kier molecular flexibility index (Phi) is 7.28. The first kappa shape index (κ1) is 23.9. The van der Waals surface area contributed by atoms with Gasteiger partial charge in [-0.3, -0.25) is 9.98 Å². The number of halogens is 1. The van der Waals surface area contributed by atoms with Crippen LogP contribution in [0.3, 0.4) is 0 Å². The molecule has 4 heterocycles. The van der Waals surface area contributed by atoms with Crippen molar-refractivity contribution >= 4 is 17.4 Å². The Balaban J connectivity index is 1.65. The SMILES string of the molecule is COC1NC=C(N=C2CCOCCC2=C(N)c2ccnc([C@H](C)N3CCN(C)C3=O)c2)C=C1F. The van der Waals surface area contributed by atoms with Crippen LogP contribution in [0.2, 0.25) is 0 Å². The van der Waals surface area contributed by atoms with Crippen LogP contribution in [0.1, 0.15) is 37.1 Å². The summed E-state index contributed by atoms with van der Waals surface area (Å²) in [5, 5.41) is 2.85. The van der Waals surface area contributed by atoms with E-state index in [9.17, 15) is 9.18 Å². The first-order valence-corrected chi connectivity index (χ1v) is 11.4. The maximum Gasteiger partial charge on any atom is 0.320 e. The minimum atomic E-state index is -0.805. The number of methoxy groups -OCH3 is 1. The molecule has 4 rings (SSSR count). The molecule has 10 heteroatoms. The standard InChI is InChI=1S/C24H31FN6O3/c1-15(31-9-8-30(2)24(31)32)21-12-16(4-7-27-21)22(26)18-5-10-34-11-6-20(18)29-17-13-19(25)23(33-3)28-14-17/h4,7,12-15,23,28H,5-6,8-11,26H2,1-3H3/t15-,23?/m0/s1. The number of pyridine rings is 1. The summed E-state index contributed by atoms with van der Waals surface area (Å²) in [6.45, 7) is 4.34. The van der Waals surface area contributed by atoms with Gasteiger partial charge in [0.05, 0.1) is 30.6 Å². The largest absolute Gasteiger partial charge is 0.398 e. The molecule has 0 bridgehead atoms. The van der Waals surface area contributed by atoms with E-state index in [-0.39, 0.29) is 12.1 Å². The first-order valence-electron chi connectivity index (χ1n) is 11.4. The fourth-order valence-corrected chi connectivity index (χ4v) is 4.26. The molecule has 2 saturated heterocycles. The van der Waals surface area contributed by atoms with Gasteiger partial charge in [0.15, 0.2) is 12.1 Å². The molecule has 1 aromatic heterocycles. The molecule has 0 saturated carbocycles. The number of amides is 2. The molecule has 182 valence electrons. The number of carbonyl (C=O) groups is 1. The van der Waals surface area contributed by atoms with E-state index >= 15 is 0 Å². The van der Waals surface area contributed by atoms with E-state index < -0.39 is 12.1 Å². The summed E-state index contributed by atoms with van der Waals surface area (Å²) in [4.78, 5) is 25.1. The average Bonchev–Trinajstić information content (AvgIpc) is 3.03. The van der Waals surface area contributed by atoms with E-state index in [0.717, 1.165) is 22.5 Å². The lowest BCUT2D eigenvalue weighted by molar-refractivity contribution is 0.0940. The third-order valence-corrected chi connectivity index (χ3v) is 6.31. The number of hydrogen-bond acceptors (Lipinski definition) is 7. The Bertz CT molecular complexity index is 1070. The summed E-state index contributed by atoms with van der Waals surface area (Å²) in [5.41, 5.74) is 10.9. The van der Waals surface area contributed by atoms with Gasteiger partial charge in [-0.1, -0.05) is 0 Å². The minimum absolute atomic E-state index is 0.00766. The summed E-state index contributed by atoms with van der Waals surface area (Å²) >= 11 is 0. The lowest BCUT2D eigenvalue weighted by atomic mass is 9.98. The van der Waals surface area contributed by atoms with Crippen molar-refractivity contribution in [1.82, 2.24) is 20.1 Å². The van der Waals surface area contributed by atoms with Gasteiger partial charge in [-0.05, 0) is 31.1 Å². The Morgan fingerprint density at radius 2 is 2.18 bits per heavy atom. The van der Waals surface area contributed by atoms with Crippen LogP contribution in [0, 0.1) is 0 Å². The third kappa shape index (κ3) is 4.97. The zero-order chi connectivity index (χ0) is 24.2. The van der Waals surface area contributed by atoms with Crippen LogP contribution >= 0.6 is 0 Å². The molecule has 0 aliphatic carbocycles. The number of ether oxygens (including phenoxy) is 2. The molecule has 2 amide bonds. The van der Waals surface area contributed by atoms with Gasteiger partial charge in [-0.25, -0.2) is 9.18 Å². The molecule has 2 atom stereocenters. The van der Waals surface area contributed by atoms with Gasteiger partial charge in [0.25, 0.3) is 0 Å². The van der Waals surface area contributed by atoms with Crippen molar-refractivity contribution in [3.8, 4) is 0 Å². The topological polar surface area (TPSA) is 105 Å². The zero-order valence-electron chi connectivity index (χ0n) is 19.8. The van der Waals surface area contributed by atoms with Crippen LogP contribution in [0.25, 0.3) is 5.70 Å². The second kappa shape index (κ2) is 10.4. The molecule has 0 spiro atoms. The van der Waals surface area contributed by atoms with Crippen LogP contribution in [-0.4, -0.2) is 73.2 Å². The number of nitrogens with one attached hydrogen (secondary N) is 1. The molecular formula is C24H31FN6O3. The highest BCUT2D eigenvalue weighted by molar-refractivity contribution is 6.06. The van der Waals surface area contributed by atoms with Crippen molar-refractivity contribution in [3.05, 3.63) is 59.0 Å². The number of aromatic nitrogens is 1. The number of nitrogens with zero attached hydrogens (tertiary/aromatic N) is 4. The monoisotopic (exact) mass is 470 g/mol. The highest BCUT2D eigenvalue weighted by Crippen LogP contribution is 2.27. The van der Waals surface area contributed by atoms with E-state index in [0.29, 0.717) is 50.5 Å². The predicted molar refractivity (Wildman–Crippen MR) is 127 cm³/mol. The van der Waals surface area contributed by atoms with Crippen molar-refractivity contribution < 1.29 is 18.7 Å². The van der Waals surface area contributed by atoms with Crippen molar-refractivity contribution in [2.24, 2.45) is 10.7 Å². The number of hydrogen-bond donors (Lipinski definition) is 2. The number of urea groups is 1. The minimum Gasteiger partial charge on any atom is -0.398 e. The molecular weight excluding hydrogens is 439 g/mol. The van der Waals surface area contributed by atoms with Crippen molar-refractivity contribution in [3.63, 3.8) is 0 Å². The van der Waals surface area contributed by atoms with Crippen molar-refractivity contribution in [2.45, 2.75) is 32.0 Å². The van der Waals surface area contributed by atoms with Crippen LogP contribution in [-0.2, 0) is 9.47 Å². The van der Waals surface area contributed by atoms with Crippen LogP contribution in [0.15, 0.2) is 52.7 Å². The molecule has 1 unspecified atom stereocenters. The van der Waals surface area contributed by atoms with Crippen LogP contribution in [0.4, 0.5) is 9.18 Å². The van der Waals surface area contributed by atoms with Gasteiger partial charge < -0.3 is 30.3 Å². The number of nitrogens with two attached hydrogens (primary N) is 1. The summed E-state index contributed by atoms with van der Waals surface area (Å²) in [5.74, 6) is -0.442. The summed E-state index contributed by atoms with van der Waals surface area (Å²) in [6, 6.07) is 3.59. The van der Waals surface area contributed by atoms with E-state index in [4.69, 9.17) is 20.2 Å². The lowest BCUT2D eigenvalue weighted by Crippen LogP contribution is -2.32. The second-order valence-corrected chi connectivity index (χ2v) is 8.49. The molecule has 34 heavy (non-hydrogen) atoms. The lowest BCUT2D eigenvalue weighted by Gasteiger charge is -2.24. The van der Waals surface area contributed by atoms with Gasteiger partial charge in [0.2, 0.25) is 0 Å². The molecule has 1 aromatic rings. The molecule has 3 N–H and O–H groups in total. The van der Waals surface area contributed by atoms with Gasteiger partial charge in [-0.2, -0.15) is 0 Å². The van der Waals surface area contributed by atoms with E-state index in [1.54, 1.807) is 29.2 Å². The van der Waals surface area contributed by atoms with Gasteiger partial charge >= 0.3 is 6.03 Å². The van der Waals surface area contributed by atoms with Crippen LogP contribution < -0.4 is 11.1 Å². The predicted octanol–water partition coefficient (Wildman–Crippen LogP) is 2.70. The summed E-state index contributed by atoms with van der Waals surface area (Å²) < 4.78 is 24.9. The fraction of sp³-hybridized carbons (Fsp3) is 0.458. The van der Waals surface area contributed by atoms with Crippen molar-refractivity contribution in [2.75, 3.05) is 40.5 Å². The zero-order valence-corrected chi connectivity index (χ0v) is 19.8. The quantitative estimate of drug-likeness (QED) is 0.686. The Morgan fingerprint density at radius 3 is 2.88 bits per heavy atom. The first-order chi connectivity index (χ1) is 16.4. The van der Waals surface area contributed by atoms with Gasteiger partial charge in [0, 0.05) is 69.1 Å². The molecule has 0 radical (unpaired) electrons. The second-order valence-electron chi connectivity index (χ2n) is 8.49. The summed E-state index contributed by atoms with van der Waals surface area (Å²) in [7, 11) is 3.23. The van der Waals surface area contributed by atoms with E-state index in [1.165, 1.54) is 13.2 Å². The van der Waals surface area contributed by atoms with Crippen molar-refractivity contribution in [1.29, 1.82) is 0 Å². The molecule has 0 aromatic carbocycles. The fourth-order valence-electron chi connectivity index (χ4n) is 4.26. The molecule has 2 fully saturated rings. The molecule has 3 aliphatic rings. The van der Waals surface area contributed by atoms with Gasteiger partial charge in [-0.15, -0.1) is 0 Å². The number of allylic oxidation sites excluding steroid dienone is 1. The highest BCUT2D eigenvalue weighted by atomic mass is 19.1. The summed E-state index contributed by atoms with van der Waals surface area (Å²) in [6.07, 6.45) is 5.02.